The molecule has 0 radical (unpaired) electrons. The van der Waals surface area contributed by atoms with Gasteiger partial charge in [-0.2, -0.15) is 0 Å². The zero-order valence-electron chi connectivity index (χ0n) is 20.2. The number of fused-ring (bicyclic) bond motifs is 1. The number of amides is 3. The molecule has 3 aromatic carbocycles. The molecule has 0 aromatic heterocycles. The standard InChI is InChI=1S/C26H23N3O8S/c1-35-19-4-2-3-17(12-19)25(31)28(14-16-5-10-22-23(11-16)37-15-36-22)21-13-24(30)29(26(21)32)18-6-8-20(9-7-18)38(27,33)34/h2-12,21H,13-15H2,1H3,(H2,27,33,34). The number of carbonyl (C=O) groups is 3. The van der Waals surface area contributed by atoms with Gasteiger partial charge in [-0.15, -0.1) is 0 Å². The third-order valence-corrected chi connectivity index (χ3v) is 7.22. The number of primary sulfonamides is 1. The molecule has 1 fully saturated rings. The molecule has 1 unspecified atom stereocenters. The lowest BCUT2D eigenvalue weighted by Gasteiger charge is -2.28. The van der Waals surface area contributed by atoms with Crippen molar-refractivity contribution in [3.05, 3.63) is 77.9 Å². The Balaban J connectivity index is 1.49. The number of rotatable bonds is 7. The number of carbonyl (C=O) groups excluding carboxylic acids is 3. The number of hydrogen-bond acceptors (Lipinski definition) is 8. The van der Waals surface area contributed by atoms with Crippen LogP contribution in [0.5, 0.6) is 17.2 Å². The molecule has 0 aliphatic carbocycles. The zero-order chi connectivity index (χ0) is 27.0. The van der Waals surface area contributed by atoms with E-state index in [1.165, 1.54) is 36.3 Å². The van der Waals surface area contributed by atoms with E-state index in [4.69, 9.17) is 19.3 Å². The molecule has 2 aliphatic rings. The van der Waals surface area contributed by atoms with Crippen LogP contribution in [-0.4, -0.2) is 51.0 Å². The minimum absolute atomic E-state index is 0.00850. The second kappa shape index (κ2) is 9.80. The van der Waals surface area contributed by atoms with Gasteiger partial charge in [0.05, 0.1) is 24.1 Å². The van der Waals surface area contributed by atoms with Gasteiger partial charge in [-0.25, -0.2) is 18.5 Å². The van der Waals surface area contributed by atoms with Crippen LogP contribution in [0.4, 0.5) is 5.69 Å². The molecular formula is C26H23N3O8S. The summed E-state index contributed by atoms with van der Waals surface area (Å²) in [7, 11) is -2.47. The molecule has 11 nitrogen and oxygen atoms in total. The third kappa shape index (κ3) is 4.78. The predicted octanol–water partition coefficient (Wildman–Crippen LogP) is 2.05. The maximum atomic E-state index is 13.7. The Morgan fingerprint density at radius 3 is 2.50 bits per heavy atom. The smallest absolute Gasteiger partial charge is 0.257 e. The van der Waals surface area contributed by atoms with Crippen LogP contribution in [-0.2, 0) is 26.2 Å². The Kier molecular flexibility index (Phi) is 6.51. The number of nitrogens with two attached hydrogens (primary N) is 1. The minimum atomic E-state index is -3.95. The molecule has 1 saturated heterocycles. The second-order valence-electron chi connectivity index (χ2n) is 8.68. The lowest BCUT2D eigenvalue weighted by Crippen LogP contribution is -2.45. The first-order valence-electron chi connectivity index (χ1n) is 11.5. The van der Waals surface area contributed by atoms with Crippen molar-refractivity contribution in [1.82, 2.24) is 4.90 Å². The van der Waals surface area contributed by atoms with Gasteiger partial charge in [0, 0.05) is 12.1 Å². The number of ether oxygens (including phenoxy) is 3. The molecule has 38 heavy (non-hydrogen) atoms. The summed E-state index contributed by atoms with van der Waals surface area (Å²) in [5.74, 6) is -0.0708. The van der Waals surface area contributed by atoms with Crippen molar-refractivity contribution in [3.63, 3.8) is 0 Å². The Morgan fingerprint density at radius 2 is 1.79 bits per heavy atom. The fourth-order valence-corrected chi connectivity index (χ4v) is 4.91. The maximum Gasteiger partial charge on any atom is 0.257 e. The quantitative estimate of drug-likeness (QED) is 0.451. The lowest BCUT2D eigenvalue weighted by atomic mass is 10.1. The van der Waals surface area contributed by atoms with Crippen molar-refractivity contribution >= 4 is 33.4 Å². The largest absolute Gasteiger partial charge is 0.497 e. The minimum Gasteiger partial charge on any atom is -0.497 e. The highest BCUT2D eigenvalue weighted by Crippen LogP contribution is 2.34. The number of hydrogen-bond donors (Lipinski definition) is 1. The van der Waals surface area contributed by atoms with E-state index in [1.807, 2.05) is 0 Å². The van der Waals surface area contributed by atoms with Gasteiger partial charge in [0.1, 0.15) is 11.8 Å². The van der Waals surface area contributed by atoms with Gasteiger partial charge in [-0.3, -0.25) is 14.4 Å². The van der Waals surface area contributed by atoms with E-state index in [0.29, 0.717) is 22.8 Å². The molecular weight excluding hydrogens is 514 g/mol. The van der Waals surface area contributed by atoms with E-state index < -0.39 is 33.8 Å². The van der Waals surface area contributed by atoms with Crippen molar-refractivity contribution in [3.8, 4) is 17.2 Å². The number of sulfonamides is 1. The van der Waals surface area contributed by atoms with Crippen LogP contribution in [0.3, 0.4) is 0 Å². The van der Waals surface area contributed by atoms with Crippen LogP contribution < -0.4 is 24.2 Å². The van der Waals surface area contributed by atoms with Crippen molar-refractivity contribution < 1.29 is 37.0 Å². The topological polar surface area (TPSA) is 146 Å². The lowest BCUT2D eigenvalue weighted by molar-refractivity contribution is -0.122. The average molecular weight is 538 g/mol. The Hall–Kier alpha value is -4.42. The average Bonchev–Trinajstić information content (AvgIpc) is 3.49. The summed E-state index contributed by atoms with van der Waals surface area (Å²) in [5, 5.41) is 5.15. The van der Waals surface area contributed by atoms with E-state index in [-0.39, 0.29) is 35.9 Å². The van der Waals surface area contributed by atoms with Gasteiger partial charge in [0.15, 0.2) is 11.5 Å². The maximum absolute atomic E-state index is 13.7. The summed E-state index contributed by atoms with van der Waals surface area (Å²) in [5.41, 5.74) is 1.12. The van der Waals surface area contributed by atoms with Crippen LogP contribution in [0.15, 0.2) is 71.6 Å². The van der Waals surface area contributed by atoms with Gasteiger partial charge < -0.3 is 19.1 Å². The number of imide groups is 1. The van der Waals surface area contributed by atoms with E-state index in [9.17, 15) is 22.8 Å². The highest BCUT2D eigenvalue weighted by atomic mass is 32.2. The van der Waals surface area contributed by atoms with E-state index in [0.717, 1.165) is 4.90 Å². The molecule has 2 aliphatic heterocycles. The molecule has 2 heterocycles. The molecule has 0 bridgehead atoms. The Morgan fingerprint density at radius 1 is 1.05 bits per heavy atom. The normalized spacial score (nSPS) is 16.6. The van der Waals surface area contributed by atoms with Crippen molar-refractivity contribution in [2.24, 2.45) is 5.14 Å². The number of anilines is 1. The SMILES string of the molecule is COc1cccc(C(=O)N(Cc2ccc3c(c2)OCO3)C2CC(=O)N(c3ccc(S(N)(=O)=O)cc3)C2=O)c1. The van der Waals surface area contributed by atoms with Gasteiger partial charge in [-0.1, -0.05) is 12.1 Å². The summed E-state index contributed by atoms with van der Waals surface area (Å²) in [6.45, 7) is 0.0919. The van der Waals surface area contributed by atoms with Crippen LogP contribution >= 0.6 is 0 Å². The highest BCUT2D eigenvalue weighted by molar-refractivity contribution is 7.89. The molecule has 1 atom stereocenters. The van der Waals surface area contributed by atoms with Crippen LogP contribution in [0.2, 0.25) is 0 Å². The number of benzene rings is 3. The monoisotopic (exact) mass is 537 g/mol. The predicted molar refractivity (Wildman–Crippen MR) is 134 cm³/mol. The first-order valence-corrected chi connectivity index (χ1v) is 13.0. The first kappa shape index (κ1) is 25.2. The van der Waals surface area contributed by atoms with Gasteiger partial charge in [-0.05, 0) is 60.2 Å². The summed E-state index contributed by atoms with van der Waals surface area (Å²) < 4.78 is 39.2. The van der Waals surface area contributed by atoms with Crippen molar-refractivity contribution in [1.29, 1.82) is 0 Å². The fourth-order valence-electron chi connectivity index (χ4n) is 4.40. The zero-order valence-corrected chi connectivity index (χ0v) is 21.0. The summed E-state index contributed by atoms with van der Waals surface area (Å²) >= 11 is 0. The first-order chi connectivity index (χ1) is 18.2. The van der Waals surface area contributed by atoms with Crippen molar-refractivity contribution in [2.45, 2.75) is 23.9 Å². The Labute approximate surface area is 218 Å². The second-order valence-corrected chi connectivity index (χ2v) is 10.2. The molecule has 0 saturated carbocycles. The van der Waals surface area contributed by atoms with Crippen LogP contribution in [0, 0.1) is 0 Å². The van der Waals surface area contributed by atoms with E-state index in [1.54, 1.807) is 42.5 Å². The van der Waals surface area contributed by atoms with Crippen LogP contribution in [0.1, 0.15) is 22.3 Å². The molecule has 196 valence electrons. The fraction of sp³-hybridized carbons (Fsp3) is 0.192. The summed E-state index contributed by atoms with van der Waals surface area (Å²) in [6.07, 6.45) is -0.254. The van der Waals surface area contributed by atoms with Gasteiger partial charge >= 0.3 is 0 Å². The van der Waals surface area contributed by atoms with Gasteiger partial charge in [0.25, 0.3) is 11.8 Å². The molecule has 2 N–H and O–H groups in total. The molecule has 0 spiro atoms. The number of nitrogens with zero attached hydrogens (tertiary/aromatic N) is 2. The van der Waals surface area contributed by atoms with Crippen LogP contribution in [0.25, 0.3) is 0 Å². The molecule has 3 aromatic rings. The molecule has 5 rings (SSSR count). The Bertz CT molecular complexity index is 1540. The van der Waals surface area contributed by atoms with E-state index >= 15 is 0 Å². The highest BCUT2D eigenvalue weighted by Gasteiger charge is 2.44. The van der Waals surface area contributed by atoms with E-state index in [2.05, 4.69) is 0 Å². The molecule has 12 heteroatoms. The summed E-state index contributed by atoms with van der Waals surface area (Å²) in [6, 6.07) is 15.7. The molecule has 3 amide bonds. The summed E-state index contributed by atoms with van der Waals surface area (Å²) in [4.78, 5) is 42.5. The van der Waals surface area contributed by atoms with Gasteiger partial charge in [0.2, 0.25) is 22.7 Å². The third-order valence-electron chi connectivity index (χ3n) is 6.29. The van der Waals surface area contributed by atoms with Crippen molar-refractivity contribution in [2.75, 3.05) is 18.8 Å². The number of methoxy groups -OCH3 is 1.